The molecule has 1 saturated heterocycles. The minimum atomic E-state index is -1.09. The van der Waals surface area contributed by atoms with Crippen molar-refractivity contribution in [2.24, 2.45) is 16.6 Å². The van der Waals surface area contributed by atoms with Crippen LogP contribution in [0.4, 0.5) is 5.69 Å². The van der Waals surface area contributed by atoms with Crippen LogP contribution in [-0.4, -0.2) is 40.6 Å². The highest BCUT2D eigenvalue weighted by Gasteiger charge is 2.49. The van der Waals surface area contributed by atoms with Crippen LogP contribution in [0.3, 0.4) is 0 Å². The summed E-state index contributed by atoms with van der Waals surface area (Å²) in [5.41, 5.74) is 13.8. The first-order valence-corrected chi connectivity index (χ1v) is 12.9. The molecule has 37 heavy (non-hydrogen) atoms. The molecule has 5 rings (SSSR count). The maximum atomic E-state index is 13.4. The number of nitrogens with zero attached hydrogens (tertiary/aromatic N) is 3. The molecule has 2 amide bonds. The minimum absolute atomic E-state index is 0.00951. The molecule has 0 radical (unpaired) electrons. The summed E-state index contributed by atoms with van der Waals surface area (Å²) in [5.74, 6) is -0.603. The third kappa shape index (κ3) is 4.79. The number of nitrogens with one attached hydrogen (secondary N) is 1. The Balaban J connectivity index is 1.53. The van der Waals surface area contributed by atoms with E-state index in [4.69, 9.17) is 10.7 Å². The molecule has 0 aliphatic carbocycles. The van der Waals surface area contributed by atoms with E-state index in [1.54, 1.807) is 18.3 Å². The third-order valence-corrected chi connectivity index (χ3v) is 7.40. The number of benzene rings is 2. The second kappa shape index (κ2) is 10.3. The number of fused-ring (bicyclic) bond motifs is 1. The fourth-order valence-corrected chi connectivity index (χ4v) is 5.57. The Morgan fingerprint density at radius 2 is 1.76 bits per heavy atom. The molecule has 0 bridgehead atoms. The van der Waals surface area contributed by atoms with Gasteiger partial charge in [-0.2, -0.15) is 0 Å². The monoisotopic (exact) mass is 495 g/mol. The van der Waals surface area contributed by atoms with Crippen molar-refractivity contribution < 1.29 is 9.59 Å². The van der Waals surface area contributed by atoms with Crippen LogP contribution < -0.4 is 11.2 Å². The Bertz CT molecular complexity index is 1350. The molecule has 7 heteroatoms. The number of carbonyl (C=O) groups is 2. The molecule has 1 unspecified atom stereocenters. The van der Waals surface area contributed by atoms with Gasteiger partial charge in [-0.3, -0.25) is 25.0 Å². The fourth-order valence-electron chi connectivity index (χ4n) is 5.57. The normalized spacial score (nSPS) is 19.1. The first-order chi connectivity index (χ1) is 17.9. The number of pyridine rings is 1. The molecule has 0 saturated carbocycles. The number of aliphatic imine (C=N–C) groups is 1. The Morgan fingerprint density at radius 3 is 2.43 bits per heavy atom. The van der Waals surface area contributed by atoms with Crippen LogP contribution >= 0.6 is 0 Å². The zero-order chi connectivity index (χ0) is 26.0. The molecule has 2 aromatic carbocycles. The van der Waals surface area contributed by atoms with Crippen molar-refractivity contribution in [2.75, 3.05) is 13.1 Å². The Morgan fingerprint density at radius 1 is 1.03 bits per heavy atom. The van der Waals surface area contributed by atoms with Crippen LogP contribution in [0.2, 0.25) is 0 Å². The molecule has 3 aromatic rings. The Labute approximate surface area is 217 Å². The van der Waals surface area contributed by atoms with E-state index in [1.807, 2.05) is 55.3 Å². The van der Waals surface area contributed by atoms with Crippen molar-refractivity contribution in [1.82, 2.24) is 15.4 Å². The van der Waals surface area contributed by atoms with E-state index in [0.29, 0.717) is 24.1 Å². The fraction of sp³-hybridized carbons (Fsp3) is 0.333. The van der Waals surface area contributed by atoms with Gasteiger partial charge in [0.25, 0.3) is 5.91 Å². The van der Waals surface area contributed by atoms with Crippen molar-refractivity contribution in [2.45, 2.75) is 44.9 Å². The van der Waals surface area contributed by atoms with Crippen molar-refractivity contribution in [3.63, 3.8) is 0 Å². The summed E-state index contributed by atoms with van der Waals surface area (Å²) in [5, 5.41) is 1.95. The number of primary amides is 1. The lowest BCUT2D eigenvalue weighted by atomic mass is 9.69. The SMILES string of the molecule is CC(C)C1=Nc2cc(C(=O)NN3CCCC3)ccc2C1(Cc1ccccc1Cc1ccccn1)C(N)=O. The molecule has 190 valence electrons. The minimum Gasteiger partial charge on any atom is -0.369 e. The second-order valence-electron chi connectivity index (χ2n) is 10.2. The molecule has 2 aliphatic rings. The number of nitrogens with two attached hydrogens (primary N) is 1. The maximum Gasteiger partial charge on any atom is 0.265 e. The average molecular weight is 496 g/mol. The Hall–Kier alpha value is -3.84. The summed E-state index contributed by atoms with van der Waals surface area (Å²) in [6.45, 7) is 5.77. The largest absolute Gasteiger partial charge is 0.369 e. The van der Waals surface area contributed by atoms with Gasteiger partial charge in [-0.15, -0.1) is 0 Å². The van der Waals surface area contributed by atoms with Crippen molar-refractivity contribution in [3.8, 4) is 0 Å². The predicted octanol–water partition coefficient (Wildman–Crippen LogP) is 4.12. The van der Waals surface area contributed by atoms with E-state index in [-0.39, 0.29) is 11.8 Å². The van der Waals surface area contributed by atoms with Crippen molar-refractivity contribution in [1.29, 1.82) is 0 Å². The van der Waals surface area contributed by atoms with Gasteiger partial charge in [0.05, 0.1) is 5.69 Å². The Kier molecular flexibility index (Phi) is 6.89. The van der Waals surface area contributed by atoms with E-state index in [0.717, 1.165) is 54.0 Å². The summed E-state index contributed by atoms with van der Waals surface area (Å²) < 4.78 is 0. The van der Waals surface area contributed by atoms with Crippen LogP contribution in [0.1, 0.15) is 59.4 Å². The maximum absolute atomic E-state index is 13.4. The summed E-state index contributed by atoms with van der Waals surface area (Å²) in [4.78, 5) is 35.7. The van der Waals surface area contributed by atoms with Gasteiger partial charge in [0.2, 0.25) is 5.91 Å². The van der Waals surface area contributed by atoms with Crippen LogP contribution in [0.15, 0.2) is 71.9 Å². The molecule has 2 aliphatic heterocycles. The van der Waals surface area contributed by atoms with Gasteiger partial charge in [-0.05, 0) is 66.1 Å². The number of hydrazine groups is 1. The van der Waals surface area contributed by atoms with Gasteiger partial charge in [-0.1, -0.05) is 50.2 Å². The van der Waals surface area contributed by atoms with Crippen LogP contribution in [-0.2, 0) is 23.1 Å². The molecule has 1 atom stereocenters. The lowest BCUT2D eigenvalue weighted by Crippen LogP contribution is -2.49. The lowest BCUT2D eigenvalue weighted by molar-refractivity contribution is -0.121. The van der Waals surface area contributed by atoms with E-state index in [2.05, 4.69) is 22.5 Å². The quantitative estimate of drug-likeness (QED) is 0.491. The standard InChI is InChI=1S/C30H33N5O2/c1-20(2)27-30(29(31)37,19-23-10-4-3-9-21(23)17-24-11-5-6-14-32-24)25-13-12-22(18-26(25)33-27)28(36)34-35-15-7-8-16-35/h3-6,9-14,18,20H,7-8,15-17,19H2,1-2H3,(H2,31,37)(H,34,36). The molecule has 7 nitrogen and oxygen atoms in total. The van der Waals surface area contributed by atoms with Crippen LogP contribution in [0.25, 0.3) is 0 Å². The van der Waals surface area contributed by atoms with Gasteiger partial charge in [-0.25, -0.2) is 5.01 Å². The van der Waals surface area contributed by atoms with Gasteiger partial charge >= 0.3 is 0 Å². The van der Waals surface area contributed by atoms with E-state index in [1.165, 1.54) is 0 Å². The number of amides is 2. The van der Waals surface area contributed by atoms with Gasteiger partial charge < -0.3 is 5.73 Å². The highest BCUT2D eigenvalue weighted by atomic mass is 16.2. The zero-order valence-corrected chi connectivity index (χ0v) is 21.4. The van der Waals surface area contributed by atoms with Crippen molar-refractivity contribution in [3.05, 3.63) is 94.8 Å². The van der Waals surface area contributed by atoms with E-state index >= 15 is 0 Å². The van der Waals surface area contributed by atoms with Gasteiger partial charge in [0.15, 0.2) is 0 Å². The highest BCUT2D eigenvalue weighted by molar-refractivity contribution is 6.19. The molecule has 1 aromatic heterocycles. The van der Waals surface area contributed by atoms with E-state index < -0.39 is 11.3 Å². The summed E-state index contributed by atoms with van der Waals surface area (Å²) in [7, 11) is 0. The zero-order valence-electron chi connectivity index (χ0n) is 21.4. The highest BCUT2D eigenvalue weighted by Crippen LogP contribution is 2.45. The summed E-state index contributed by atoms with van der Waals surface area (Å²) in [6.07, 6.45) is 5.00. The molecule has 3 heterocycles. The molecule has 0 spiro atoms. The number of carbonyl (C=O) groups excluding carboxylic acids is 2. The van der Waals surface area contributed by atoms with E-state index in [9.17, 15) is 9.59 Å². The molecule has 1 fully saturated rings. The first kappa shape index (κ1) is 24.8. The molecular formula is C30H33N5O2. The molecular weight excluding hydrogens is 462 g/mol. The molecule has 3 N–H and O–H groups in total. The number of hydrogen-bond acceptors (Lipinski definition) is 5. The summed E-state index contributed by atoms with van der Waals surface area (Å²) >= 11 is 0. The van der Waals surface area contributed by atoms with Crippen LogP contribution in [0, 0.1) is 5.92 Å². The predicted molar refractivity (Wildman–Crippen MR) is 145 cm³/mol. The first-order valence-electron chi connectivity index (χ1n) is 12.9. The second-order valence-corrected chi connectivity index (χ2v) is 10.2. The van der Waals surface area contributed by atoms with Crippen molar-refractivity contribution >= 4 is 23.2 Å². The van der Waals surface area contributed by atoms with Gasteiger partial charge in [0.1, 0.15) is 5.41 Å². The summed E-state index contributed by atoms with van der Waals surface area (Å²) in [6, 6.07) is 19.4. The smallest absolute Gasteiger partial charge is 0.265 e. The van der Waals surface area contributed by atoms with Crippen LogP contribution in [0.5, 0.6) is 0 Å². The topological polar surface area (TPSA) is 101 Å². The average Bonchev–Trinajstić information content (AvgIpc) is 3.52. The van der Waals surface area contributed by atoms with Gasteiger partial charge in [0, 0.05) is 42.7 Å². The number of rotatable bonds is 8. The third-order valence-electron chi connectivity index (χ3n) is 7.40. The number of aromatic nitrogens is 1. The number of hydrogen-bond donors (Lipinski definition) is 2. The lowest BCUT2D eigenvalue weighted by Gasteiger charge is -2.31.